The first-order valence-corrected chi connectivity index (χ1v) is 5.01. The van der Waals surface area contributed by atoms with Crippen molar-refractivity contribution in [3.63, 3.8) is 0 Å². The summed E-state index contributed by atoms with van der Waals surface area (Å²) in [6.07, 6.45) is 3.71. The molecule has 5 heteroatoms. The number of hydrogen-bond acceptors (Lipinski definition) is 3. The molecule has 0 bridgehead atoms. The fraction of sp³-hybridized carbons (Fsp3) is 0.400. The molecule has 1 aromatic rings. The molecule has 1 aliphatic rings. The van der Waals surface area contributed by atoms with Crippen molar-refractivity contribution in [2.45, 2.75) is 24.8 Å². The second kappa shape index (κ2) is 3.59. The lowest BCUT2D eigenvalue weighted by Crippen LogP contribution is -2.52. The Morgan fingerprint density at radius 3 is 2.80 bits per heavy atom. The first-order valence-electron chi connectivity index (χ1n) is 4.64. The zero-order chi connectivity index (χ0) is 10.9. The van der Waals surface area contributed by atoms with E-state index < -0.39 is 5.54 Å². The topological polar surface area (TPSA) is 66.0 Å². The Kier molecular flexibility index (Phi) is 2.41. The molecule has 0 aliphatic heterocycles. The molecule has 0 atom stereocenters. The van der Waals surface area contributed by atoms with Gasteiger partial charge in [0, 0.05) is 0 Å². The van der Waals surface area contributed by atoms with Crippen LogP contribution in [0.2, 0.25) is 5.22 Å². The van der Waals surface area contributed by atoms with E-state index in [0.29, 0.717) is 12.8 Å². The Balaban J connectivity index is 2.11. The zero-order valence-electron chi connectivity index (χ0n) is 7.92. The van der Waals surface area contributed by atoms with E-state index in [2.05, 4.69) is 11.4 Å². The van der Waals surface area contributed by atoms with E-state index in [4.69, 9.17) is 21.3 Å². The molecule has 1 aromatic heterocycles. The molecule has 0 saturated heterocycles. The summed E-state index contributed by atoms with van der Waals surface area (Å²) in [6, 6.07) is 3.61. The summed E-state index contributed by atoms with van der Waals surface area (Å²) in [5.41, 5.74) is -0.421. The molecule has 4 nitrogen and oxygen atoms in total. The Labute approximate surface area is 91.8 Å². The summed E-state index contributed by atoms with van der Waals surface area (Å²) in [5.74, 6) is -0.352. The number of nitrogens with zero attached hydrogens (tertiary/aromatic N) is 1. The predicted molar refractivity (Wildman–Crippen MR) is 53.4 cm³/mol. The molecule has 2 rings (SSSR count). The molecule has 0 unspecified atom stereocenters. The fourth-order valence-corrected chi connectivity index (χ4v) is 1.74. The van der Waals surface area contributed by atoms with Crippen LogP contribution in [0.15, 0.2) is 16.7 Å². The highest BCUT2D eigenvalue weighted by Gasteiger charge is 2.39. The molecule has 1 heterocycles. The first kappa shape index (κ1) is 10.1. The lowest BCUT2D eigenvalue weighted by atomic mass is 9.78. The van der Waals surface area contributed by atoms with Gasteiger partial charge < -0.3 is 9.73 Å². The largest absolute Gasteiger partial charge is 0.452 e. The minimum atomic E-state index is -0.697. The molecule has 1 amide bonds. The number of hydrogen-bond donors (Lipinski definition) is 1. The molecule has 0 radical (unpaired) electrons. The smallest absolute Gasteiger partial charge is 0.257 e. The zero-order valence-corrected chi connectivity index (χ0v) is 8.67. The van der Waals surface area contributed by atoms with Crippen LogP contribution in [0.3, 0.4) is 0 Å². The van der Waals surface area contributed by atoms with Gasteiger partial charge in [0.15, 0.2) is 0 Å². The van der Waals surface area contributed by atoms with Gasteiger partial charge in [-0.05, 0) is 36.9 Å². The Morgan fingerprint density at radius 1 is 1.67 bits per heavy atom. The van der Waals surface area contributed by atoms with Crippen molar-refractivity contribution in [3.05, 3.63) is 23.1 Å². The lowest BCUT2D eigenvalue weighted by molar-refractivity contribution is 0.0881. The summed E-state index contributed by atoms with van der Waals surface area (Å²) in [4.78, 5) is 11.7. The van der Waals surface area contributed by atoms with Crippen molar-refractivity contribution in [3.8, 4) is 6.07 Å². The average Bonchev–Trinajstić information content (AvgIpc) is 2.58. The fourth-order valence-electron chi connectivity index (χ4n) is 1.54. The van der Waals surface area contributed by atoms with E-state index in [1.54, 1.807) is 0 Å². The minimum Gasteiger partial charge on any atom is -0.452 e. The highest BCUT2D eigenvalue weighted by Crippen LogP contribution is 2.31. The van der Waals surface area contributed by atoms with Gasteiger partial charge in [-0.25, -0.2) is 0 Å². The van der Waals surface area contributed by atoms with Crippen molar-refractivity contribution in [2.75, 3.05) is 0 Å². The number of carbonyl (C=O) groups excluding carboxylic acids is 1. The SMILES string of the molecule is N#CC1(NC(=O)c2ccoc2Cl)CCC1. The van der Waals surface area contributed by atoms with Crippen molar-refractivity contribution in [2.24, 2.45) is 0 Å². The van der Waals surface area contributed by atoms with E-state index in [-0.39, 0.29) is 16.7 Å². The van der Waals surface area contributed by atoms with Crippen LogP contribution in [0.25, 0.3) is 0 Å². The highest BCUT2D eigenvalue weighted by atomic mass is 35.5. The van der Waals surface area contributed by atoms with Gasteiger partial charge in [0.05, 0.1) is 17.9 Å². The van der Waals surface area contributed by atoms with Crippen molar-refractivity contribution in [1.29, 1.82) is 5.26 Å². The third kappa shape index (κ3) is 1.71. The molecular weight excluding hydrogens is 216 g/mol. The van der Waals surface area contributed by atoms with Crippen LogP contribution in [0.5, 0.6) is 0 Å². The van der Waals surface area contributed by atoms with Gasteiger partial charge in [0.1, 0.15) is 5.54 Å². The molecule has 78 valence electrons. The summed E-state index contributed by atoms with van der Waals surface area (Å²) in [6.45, 7) is 0. The number of furan rings is 1. The van der Waals surface area contributed by atoms with Crippen LogP contribution < -0.4 is 5.32 Å². The van der Waals surface area contributed by atoms with Gasteiger partial charge in [0.25, 0.3) is 5.91 Å². The van der Waals surface area contributed by atoms with Gasteiger partial charge in [-0.2, -0.15) is 5.26 Å². The second-order valence-corrected chi connectivity index (χ2v) is 3.95. The average molecular weight is 225 g/mol. The van der Waals surface area contributed by atoms with Crippen LogP contribution in [-0.4, -0.2) is 11.4 Å². The van der Waals surface area contributed by atoms with Crippen LogP contribution in [0, 0.1) is 11.3 Å². The summed E-state index contributed by atoms with van der Waals surface area (Å²) in [7, 11) is 0. The number of rotatable bonds is 2. The Hall–Kier alpha value is -1.47. The Bertz CT molecular complexity index is 429. The van der Waals surface area contributed by atoms with Gasteiger partial charge in [-0.3, -0.25) is 4.79 Å². The van der Waals surface area contributed by atoms with Gasteiger partial charge in [-0.1, -0.05) is 0 Å². The number of nitrogens with one attached hydrogen (secondary N) is 1. The summed E-state index contributed by atoms with van der Waals surface area (Å²) >= 11 is 5.66. The third-order valence-electron chi connectivity index (χ3n) is 2.64. The maximum atomic E-state index is 11.7. The van der Waals surface area contributed by atoms with Crippen LogP contribution >= 0.6 is 11.6 Å². The molecule has 15 heavy (non-hydrogen) atoms. The predicted octanol–water partition coefficient (Wildman–Crippen LogP) is 2.11. The van der Waals surface area contributed by atoms with Crippen LogP contribution in [-0.2, 0) is 0 Å². The van der Waals surface area contributed by atoms with Crippen molar-refractivity contribution in [1.82, 2.24) is 5.32 Å². The molecule has 1 aliphatic carbocycles. The molecule has 0 spiro atoms. The van der Waals surface area contributed by atoms with Crippen molar-refractivity contribution < 1.29 is 9.21 Å². The summed E-state index contributed by atoms with van der Waals surface area (Å²) in [5, 5.41) is 11.7. The van der Waals surface area contributed by atoms with E-state index in [9.17, 15) is 4.79 Å². The lowest BCUT2D eigenvalue weighted by Gasteiger charge is -2.35. The highest BCUT2D eigenvalue weighted by molar-refractivity contribution is 6.32. The first-order chi connectivity index (χ1) is 7.17. The monoisotopic (exact) mass is 224 g/mol. The molecule has 1 N–H and O–H groups in total. The number of carbonyl (C=O) groups is 1. The quantitative estimate of drug-likeness (QED) is 0.837. The molecule has 1 saturated carbocycles. The number of halogens is 1. The van der Waals surface area contributed by atoms with E-state index in [0.717, 1.165) is 6.42 Å². The third-order valence-corrected chi connectivity index (χ3v) is 2.93. The van der Waals surface area contributed by atoms with Gasteiger partial charge >= 0.3 is 0 Å². The van der Waals surface area contributed by atoms with Gasteiger partial charge in [0.2, 0.25) is 5.22 Å². The Morgan fingerprint density at radius 2 is 2.40 bits per heavy atom. The number of nitriles is 1. The van der Waals surface area contributed by atoms with Gasteiger partial charge in [-0.15, -0.1) is 0 Å². The minimum absolute atomic E-state index is 0.0555. The van der Waals surface area contributed by atoms with Crippen LogP contribution in [0.1, 0.15) is 29.6 Å². The maximum Gasteiger partial charge on any atom is 0.257 e. The molecule has 0 aromatic carbocycles. The number of amides is 1. The van der Waals surface area contributed by atoms with E-state index >= 15 is 0 Å². The molecular formula is C10H9ClN2O2. The standard InChI is InChI=1S/C10H9ClN2O2/c11-8-7(2-5-15-8)9(14)13-10(6-12)3-1-4-10/h2,5H,1,3-4H2,(H,13,14). The molecule has 1 fully saturated rings. The van der Waals surface area contributed by atoms with Crippen molar-refractivity contribution >= 4 is 17.5 Å². The summed E-state index contributed by atoms with van der Waals surface area (Å²) < 4.78 is 4.81. The van der Waals surface area contributed by atoms with E-state index in [1.165, 1.54) is 12.3 Å². The maximum absolute atomic E-state index is 11.7. The van der Waals surface area contributed by atoms with Crippen LogP contribution in [0.4, 0.5) is 0 Å². The normalized spacial score (nSPS) is 17.6. The van der Waals surface area contributed by atoms with E-state index in [1.807, 2.05) is 0 Å². The second-order valence-electron chi connectivity index (χ2n) is 3.61.